The molecule has 0 saturated carbocycles. The lowest BCUT2D eigenvalue weighted by Crippen LogP contribution is -2.25. The van der Waals surface area contributed by atoms with Crippen molar-refractivity contribution in [3.8, 4) is 5.75 Å². The highest BCUT2D eigenvalue weighted by molar-refractivity contribution is 5.98. The molecule has 2 amide bonds. The Morgan fingerprint density at radius 3 is 2.50 bits per heavy atom. The molecule has 3 N–H and O–H groups in total. The highest BCUT2D eigenvalue weighted by Gasteiger charge is 2.07. The topological polar surface area (TPSA) is 79.5 Å². The number of hydrogen-bond donors (Lipinski definition) is 3. The van der Waals surface area contributed by atoms with Crippen molar-refractivity contribution in [2.75, 3.05) is 30.8 Å². The van der Waals surface area contributed by atoms with E-state index >= 15 is 0 Å². The number of methoxy groups -OCH3 is 1. The van der Waals surface area contributed by atoms with Gasteiger partial charge >= 0.3 is 0 Å². The van der Waals surface area contributed by atoms with Crippen molar-refractivity contribution in [2.24, 2.45) is 0 Å². The minimum absolute atomic E-state index is 0.124. The molecule has 0 fully saturated rings. The molecule has 138 valence electrons. The van der Waals surface area contributed by atoms with Crippen LogP contribution in [0.4, 0.5) is 11.4 Å². The molecule has 0 radical (unpaired) electrons. The average Bonchev–Trinajstić information content (AvgIpc) is 2.67. The molecule has 0 unspecified atom stereocenters. The van der Waals surface area contributed by atoms with Gasteiger partial charge in [-0.3, -0.25) is 9.59 Å². The standard InChI is InChI=1S/C20H25N3O3/c1-3-4-12-21-20(25)15-6-5-7-17(13-15)23-19(24)14-22-16-8-10-18(26-2)11-9-16/h5-11,13,22H,3-4,12,14H2,1-2H3,(H,21,25)(H,23,24). The van der Waals surface area contributed by atoms with E-state index in [1.165, 1.54) is 0 Å². The molecule has 0 aromatic heterocycles. The van der Waals surface area contributed by atoms with Crippen LogP contribution in [0.5, 0.6) is 5.75 Å². The number of rotatable bonds is 9. The van der Waals surface area contributed by atoms with E-state index in [4.69, 9.17) is 4.74 Å². The van der Waals surface area contributed by atoms with E-state index in [-0.39, 0.29) is 18.4 Å². The molecule has 2 rings (SSSR count). The molecule has 6 heteroatoms. The van der Waals surface area contributed by atoms with Crippen molar-refractivity contribution >= 4 is 23.2 Å². The Bertz CT molecular complexity index is 729. The van der Waals surface area contributed by atoms with E-state index in [1.807, 2.05) is 24.3 Å². The van der Waals surface area contributed by atoms with Crippen molar-refractivity contribution in [2.45, 2.75) is 19.8 Å². The van der Waals surface area contributed by atoms with Crippen LogP contribution in [0.15, 0.2) is 48.5 Å². The maximum atomic E-state index is 12.1. The molecule has 0 spiro atoms. The van der Waals surface area contributed by atoms with Gasteiger partial charge in [0.1, 0.15) is 5.75 Å². The number of carbonyl (C=O) groups excluding carboxylic acids is 2. The number of ether oxygens (including phenoxy) is 1. The fourth-order valence-corrected chi connectivity index (χ4v) is 2.32. The van der Waals surface area contributed by atoms with Gasteiger partial charge in [0.25, 0.3) is 5.91 Å². The molecule has 0 saturated heterocycles. The summed E-state index contributed by atoms with van der Waals surface area (Å²) in [6, 6.07) is 14.2. The summed E-state index contributed by atoms with van der Waals surface area (Å²) in [4.78, 5) is 24.2. The molecule has 2 aromatic carbocycles. The van der Waals surface area contributed by atoms with Crippen molar-refractivity contribution in [1.29, 1.82) is 0 Å². The van der Waals surface area contributed by atoms with Crippen LogP contribution >= 0.6 is 0 Å². The zero-order valence-corrected chi connectivity index (χ0v) is 15.2. The van der Waals surface area contributed by atoms with E-state index in [0.717, 1.165) is 24.3 Å². The zero-order valence-electron chi connectivity index (χ0n) is 15.2. The Morgan fingerprint density at radius 1 is 1.04 bits per heavy atom. The van der Waals surface area contributed by atoms with E-state index in [0.29, 0.717) is 17.8 Å². The first-order valence-electron chi connectivity index (χ1n) is 8.68. The summed E-state index contributed by atoms with van der Waals surface area (Å²) >= 11 is 0. The second-order valence-electron chi connectivity index (χ2n) is 5.82. The maximum absolute atomic E-state index is 12.1. The number of carbonyl (C=O) groups is 2. The van der Waals surface area contributed by atoms with Gasteiger partial charge in [0.05, 0.1) is 13.7 Å². The molecule has 0 heterocycles. The van der Waals surface area contributed by atoms with Crippen LogP contribution in [-0.2, 0) is 4.79 Å². The van der Waals surface area contributed by atoms with Crippen molar-refractivity contribution in [3.63, 3.8) is 0 Å². The minimum atomic E-state index is -0.190. The third-order valence-corrected chi connectivity index (χ3v) is 3.77. The van der Waals surface area contributed by atoms with E-state index in [2.05, 4.69) is 22.9 Å². The van der Waals surface area contributed by atoms with Gasteiger partial charge in [0.2, 0.25) is 5.91 Å². The number of amides is 2. The Morgan fingerprint density at radius 2 is 1.81 bits per heavy atom. The predicted octanol–water partition coefficient (Wildman–Crippen LogP) is 3.28. The molecular formula is C20H25N3O3. The Hall–Kier alpha value is -3.02. The molecule has 0 aliphatic carbocycles. The smallest absolute Gasteiger partial charge is 0.251 e. The molecule has 6 nitrogen and oxygen atoms in total. The number of unbranched alkanes of at least 4 members (excludes halogenated alkanes) is 1. The monoisotopic (exact) mass is 355 g/mol. The first-order chi connectivity index (χ1) is 12.6. The summed E-state index contributed by atoms with van der Waals surface area (Å²) in [6.45, 7) is 2.85. The quantitative estimate of drug-likeness (QED) is 0.603. The second-order valence-corrected chi connectivity index (χ2v) is 5.82. The zero-order chi connectivity index (χ0) is 18.8. The van der Waals surface area contributed by atoms with Gasteiger partial charge < -0.3 is 20.7 Å². The van der Waals surface area contributed by atoms with Gasteiger partial charge in [0.15, 0.2) is 0 Å². The molecule has 0 aliphatic heterocycles. The summed E-state index contributed by atoms with van der Waals surface area (Å²) in [6.07, 6.45) is 1.97. The lowest BCUT2D eigenvalue weighted by Gasteiger charge is -2.10. The van der Waals surface area contributed by atoms with Crippen molar-refractivity contribution < 1.29 is 14.3 Å². The molecule has 2 aromatic rings. The number of hydrogen-bond acceptors (Lipinski definition) is 4. The van der Waals surface area contributed by atoms with Crippen LogP contribution in [0, 0.1) is 0 Å². The van der Waals surface area contributed by atoms with Crippen molar-refractivity contribution in [3.05, 3.63) is 54.1 Å². The van der Waals surface area contributed by atoms with Crippen LogP contribution in [0.1, 0.15) is 30.1 Å². The van der Waals surface area contributed by atoms with Gasteiger partial charge in [-0.05, 0) is 48.9 Å². The number of nitrogens with one attached hydrogen (secondary N) is 3. The summed E-state index contributed by atoms with van der Waals surface area (Å²) in [7, 11) is 1.61. The Labute approximate surface area is 153 Å². The molecule has 26 heavy (non-hydrogen) atoms. The SMILES string of the molecule is CCCCNC(=O)c1cccc(NC(=O)CNc2ccc(OC)cc2)c1. The third kappa shape index (κ3) is 6.12. The van der Waals surface area contributed by atoms with E-state index < -0.39 is 0 Å². The predicted molar refractivity (Wildman–Crippen MR) is 104 cm³/mol. The average molecular weight is 355 g/mol. The molecule has 0 aliphatic rings. The minimum Gasteiger partial charge on any atom is -0.497 e. The van der Waals surface area contributed by atoms with Crippen LogP contribution in [0.25, 0.3) is 0 Å². The summed E-state index contributed by atoms with van der Waals surface area (Å²) in [5, 5.41) is 8.69. The van der Waals surface area contributed by atoms with Gasteiger partial charge in [0, 0.05) is 23.5 Å². The third-order valence-electron chi connectivity index (χ3n) is 3.77. The fraction of sp³-hybridized carbons (Fsp3) is 0.300. The largest absolute Gasteiger partial charge is 0.497 e. The van der Waals surface area contributed by atoms with Crippen LogP contribution in [0.2, 0.25) is 0 Å². The van der Waals surface area contributed by atoms with Gasteiger partial charge in [-0.2, -0.15) is 0 Å². The molecular weight excluding hydrogens is 330 g/mol. The highest BCUT2D eigenvalue weighted by Crippen LogP contribution is 2.15. The normalized spacial score (nSPS) is 10.1. The Kier molecular flexibility index (Phi) is 7.49. The molecule has 0 atom stereocenters. The number of benzene rings is 2. The van der Waals surface area contributed by atoms with Crippen LogP contribution in [0.3, 0.4) is 0 Å². The first-order valence-corrected chi connectivity index (χ1v) is 8.68. The summed E-state index contributed by atoms with van der Waals surface area (Å²) in [5.74, 6) is 0.435. The van der Waals surface area contributed by atoms with E-state index in [9.17, 15) is 9.59 Å². The highest BCUT2D eigenvalue weighted by atomic mass is 16.5. The fourth-order valence-electron chi connectivity index (χ4n) is 2.32. The first kappa shape index (κ1) is 19.3. The second kappa shape index (κ2) is 10.1. The summed E-state index contributed by atoms with van der Waals surface area (Å²) < 4.78 is 5.10. The van der Waals surface area contributed by atoms with Gasteiger partial charge in [-0.15, -0.1) is 0 Å². The number of anilines is 2. The van der Waals surface area contributed by atoms with Crippen LogP contribution in [-0.4, -0.2) is 32.0 Å². The van der Waals surface area contributed by atoms with E-state index in [1.54, 1.807) is 31.4 Å². The van der Waals surface area contributed by atoms with Crippen LogP contribution < -0.4 is 20.7 Å². The molecule has 0 bridgehead atoms. The van der Waals surface area contributed by atoms with Crippen molar-refractivity contribution in [1.82, 2.24) is 5.32 Å². The lowest BCUT2D eigenvalue weighted by molar-refractivity contribution is -0.114. The lowest BCUT2D eigenvalue weighted by atomic mass is 10.2. The summed E-state index contributed by atoms with van der Waals surface area (Å²) in [5.41, 5.74) is 1.95. The van der Waals surface area contributed by atoms with Gasteiger partial charge in [-0.25, -0.2) is 0 Å². The van der Waals surface area contributed by atoms with Gasteiger partial charge in [-0.1, -0.05) is 19.4 Å². The Balaban J connectivity index is 1.86. The maximum Gasteiger partial charge on any atom is 0.251 e.